The monoisotopic (exact) mass is 485 g/mol. The Hall–Kier alpha value is -3.93. The number of nitrogens with one attached hydrogen (secondary N) is 4. The summed E-state index contributed by atoms with van der Waals surface area (Å²) < 4.78 is 39.6. The number of H-pyrrole nitrogens is 1. The van der Waals surface area contributed by atoms with Gasteiger partial charge in [0.1, 0.15) is 17.2 Å². The standard InChI is InChI=1S/C23H26F3N9/c1-13(14-4-5-19(30-9-14)29-7-3-6-28-2)34-22-33-12-18(27)20(35-22)17-11-32-21-16(17)8-15(10-31-21)23(24,25)26/h4-5,8-13,28H,3,6-7,27H2,1-2H3,(H,29,30)(H,31,32)(H,33,34,35)/t13-/m1/s1. The van der Waals surface area contributed by atoms with Crippen LogP contribution in [0, 0.1) is 0 Å². The highest BCUT2D eigenvalue weighted by Crippen LogP contribution is 2.35. The molecule has 12 heteroatoms. The van der Waals surface area contributed by atoms with Crippen LogP contribution in [-0.2, 0) is 6.18 Å². The van der Waals surface area contributed by atoms with E-state index in [1.54, 1.807) is 6.20 Å². The summed E-state index contributed by atoms with van der Waals surface area (Å²) in [5, 5.41) is 9.83. The number of aromatic amines is 1. The second-order valence-corrected chi connectivity index (χ2v) is 8.04. The zero-order chi connectivity index (χ0) is 25.0. The molecule has 4 aromatic rings. The van der Waals surface area contributed by atoms with Gasteiger partial charge in [0.25, 0.3) is 0 Å². The molecule has 0 amide bonds. The van der Waals surface area contributed by atoms with Gasteiger partial charge in [-0.1, -0.05) is 6.07 Å². The number of nitrogens with zero attached hydrogens (tertiary/aromatic N) is 4. The van der Waals surface area contributed by atoms with Crippen LogP contribution < -0.4 is 21.7 Å². The molecule has 0 aliphatic heterocycles. The topological polar surface area (TPSA) is 129 Å². The third-order valence-corrected chi connectivity index (χ3v) is 5.47. The Bertz CT molecular complexity index is 1290. The lowest BCUT2D eigenvalue weighted by molar-refractivity contribution is -0.137. The van der Waals surface area contributed by atoms with Crippen LogP contribution in [0.15, 0.2) is 43.0 Å². The molecule has 6 N–H and O–H groups in total. The number of anilines is 3. The number of fused-ring (bicyclic) bond motifs is 1. The minimum absolute atomic E-state index is 0.182. The predicted molar refractivity (Wildman–Crippen MR) is 130 cm³/mol. The van der Waals surface area contributed by atoms with Gasteiger partial charge in [0.05, 0.1) is 23.5 Å². The van der Waals surface area contributed by atoms with Gasteiger partial charge in [-0.15, -0.1) is 0 Å². The van der Waals surface area contributed by atoms with Crippen LogP contribution in [0.1, 0.15) is 30.5 Å². The van der Waals surface area contributed by atoms with Crippen molar-refractivity contribution in [3.8, 4) is 11.3 Å². The van der Waals surface area contributed by atoms with Crippen molar-refractivity contribution in [2.24, 2.45) is 0 Å². The fourth-order valence-corrected chi connectivity index (χ4v) is 3.56. The van der Waals surface area contributed by atoms with E-state index in [0.29, 0.717) is 16.9 Å². The largest absolute Gasteiger partial charge is 0.417 e. The molecule has 184 valence electrons. The second kappa shape index (κ2) is 10.1. The first-order chi connectivity index (χ1) is 16.8. The average Bonchev–Trinajstić information content (AvgIpc) is 3.26. The summed E-state index contributed by atoms with van der Waals surface area (Å²) in [6.07, 6.45) is 1.99. The fraction of sp³-hybridized carbons (Fsp3) is 0.304. The van der Waals surface area contributed by atoms with Crippen molar-refractivity contribution in [2.45, 2.75) is 25.6 Å². The molecular formula is C23H26F3N9. The maximum Gasteiger partial charge on any atom is 0.417 e. The molecule has 4 heterocycles. The maximum absolute atomic E-state index is 13.2. The van der Waals surface area contributed by atoms with Gasteiger partial charge in [-0.25, -0.2) is 19.9 Å². The van der Waals surface area contributed by atoms with E-state index in [1.165, 1.54) is 12.4 Å². The van der Waals surface area contributed by atoms with Crippen molar-refractivity contribution in [1.29, 1.82) is 0 Å². The van der Waals surface area contributed by atoms with Gasteiger partial charge < -0.3 is 26.7 Å². The molecule has 1 atom stereocenters. The van der Waals surface area contributed by atoms with Gasteiger partial charge >= 0.3 is 6.18 Å². The number of nitrogen functional groups attached to an aromatic ring is 1. The number of hydrogen-bond acceptors (Lipinski definition) is 8. The minimum Gasteiger partial charge on any atom is -0.396 e. The van der Waals surface area contributed by atoms with E-state index >= 15 is 0 Å². The lowest BCUT2D eigenvalue weighted by Crippen LogP contribution is -2.14. The van der Waals surface area contributed by atoms with Crippen LogP contribution in [0.4, 0.5) is 30.6 Å². The molecule has 0 saturated heterocycles. The second-order valence-electron chi connectivity index (χ2n) is 8.04. The normalized spacial score (nSPS) is 12.6. The first-order valence-corrected chi connectivity index (χ1v) is 11.0. The molecule has 0 aliphatic carbocycles. The molecule has 0 saturated carbocycles. The molecule has 0 fully saturated rings. The molecule has 0 aliphatic rings. The summed E-state index contributed by atoms with van der Waals surface area (Å²) >= 11 is 0. The molecule has 0 unspecified atom stereocenters. The van der Waals surface area contributed by atoms with E-state index in [9.17, 15) is 13.2 Å². The number of alkyl halides is 3. The van der Waals surface area contributed by atoms with Crippen molar-refractivity contribution in [3.05, 3.63) is 54.1 Å². The molecule has 0 spiro atoms. The van der Waals surface area contributed by atoms with E-state index < -0.39 is 11.7 Å². The highest BCUT2D eigenvalue weighted by molar-refractivity contribution is 5.95. The van der Waals surface area contributed by atoms with E-state index in [0.717, 1.165) is 43.2 Å². The summed E-state index contributed by atoms with van der Waals surface area (Å²) in [5.41, 5.74) is 7.40. The molecular weight excluding hydrogens is 459 g/mol. The Kier molecular flexibility index (Phi) is 7.01. The first kappa shape index (κ1) is 24.2. The molecule has 9 nitrogen and oxygen atoms in total. The van der Waals surface area contributed by atoms with Gasteiger partial charge in [0.2, 0.25) is 5.95 Å². The summed E-state index contributed by atoms with van der Waals surface area (Å²) in [6, 6.07) is 4.71. The van der Waals surface area contributed by atoms with E-state index in [4.69, 9.17) is 5.73 Å². The number of hydrogen-bond donors (Lipinski definition) is 5. The molecule has 4 rings (SSSR count). The number of nitrogens with two attached hydrogens (primary N) is 1. The first-order valence-electron chi connectivity index (χ1n) is 11.0. The fourth-order valence-electron chi connectivity index (χ4n) is 3.56. The van der Waals surface area contributed by atoms with E-state index in [1.807, 2.05) is 26.1 Å². The lowest BCUT2D eigenvalue weighted by Gasteiger charge is -2.15. The summed E-state index contributed by atoms with van der Waals surface area (Å²) in [4.78, 5) is 19.9. The van der Waals surface area contributed by atoms with Crippen LogP contribution in [0.3, 0.4) is 0 Å². The van der Waals surface area contributed by atoms with Crippen LogP contribution in [-0.4, -0.2) is 45.1 Å². The van der Waals surface area contributed by atoms with Crippen molar-refractivity contribution in [2.75, 3.05) is 36.5 Å². The van der Waals surface area contributed by atoms with Gasteiger partial charge in [-0.05, 0) is 44.6 Å². The van der Waals surface area contributed by atoms with Crippen LogP contribution in [0.5, 0.6) is 0 Å². The zero-order valence-electron chi connectivity index (χ0n) is 19.2. The van der Waals surface area contributed by atoms with Crippen molar-refractivity contribution in [3.63, 3.8) is 0 Å². The Morgan fingerprint density at radius 1 is 1.09 bits per heavy atom. The smallest absolute Gasteiger partial charge is 0.396 e. The Morgan fingerprint density at radius 2 is 1.91 bits per heavy atom. The van der Waals surface area contributed by atoms with E-state index in [-0.39, 0.29) is 23.1 Å². The molecule has 0 aromatic carbocycles. The van der Waals surface area contributed by atoms with Crippen molar-refractivity contribution < 1.29 is 13.2 Å². The molecule has 4 aromatic heterocycles. The SMILES string of the molecule is CNCCCNc1ccc([C@@H](C)Nc2ncc(N)c(-c3c[nH]c4ncc(C(F)(F)F)cc34)n2)cn1. The molecule has 0 radical (unpaired) electrons. The van der Waals surface area contributed by atoms with Crippen LogP contribution in [0.2, 0.25) is 0 Å². The van der Waals surface area contributed by atoms with Gasteiger partial charge in [0, 0.05) is 36.1 Å². The number of halogens is 3. The highest BCUT2D eigenvalue weighted by atomic mass is 19.4. The quantitative estimate of drug-likeness (QED) is 0.223. The summed E-state index contributed by atoms with van der Waals surface area (Å²) in [6.45, 7) is 3.67. The predicted octanol–water partition coefficient (Wildman–Crippen LogP) is 4.21. The highest BCUT2D eigenvalue weighted by Gasteiger charge is 2.31. The average molecular weight is 486 g/mol. The van der Waals surface area contributed by atoms with Gasteiger partial charge in [0.15, 0.2) is 0 Å². The third kappa shape index (κ3) is 5.60. The van der Waals surface area contributed by atoms with Gasteiger partial charge in [-0.3, -0.25) is 0 Å². The van der Waals surface area contributed by atoms with Crippen LogP contribution in [0.25, 0.3) is 22.3 Å². The lowest BCUT2D eigenvalue weighted by atomic mass is 10.1. The maximum atomic E-state index is 13.2. The zero-order valence-corrected chi connectivity index (χ0v) is 19.2. The van der Waals surface area contributed by atoms with Crippen molar-refractivity contribution in [1.82, 2.24) is 30.2 Å². The minimum atomic E-state index is -4.51. The summed E-state index contributed by atoms with van der Waals surface area (Å²) in [7, 11) is 1.91. The van der Waals surface area contributed by atoms with E-state index in [2.05, 4.69) is 40.9 Å². The molecule has 35 heavy (non-hydrogen) atoms. The third-order valence-electron chi connectivity index (χ3n) is 5.47. The molecule has 0 bridgehead atoms. The Labute approximate surface area is 199 Å². The number of rotatable bonds is 9. The van der Waals surface area contributed by atoms with Gasteiger partial charge in [-0.2, -0.15) is 13.2 Å². The number of aromatic nitrogens is 5. The van der Waals surface area contributed by atoms with Crippen molar-refractivity contribution >= 4 is 28.5 Å². The van der Waals surface area contributed by atoms with Crippen LogP contribution >= 0.6 is 0 Å². The Balaban J connectivity index is 1.53. The Morgan fingerprint density at radius 3 is 2.63 bits per heavy atom. The number of pyridine rings is 2. The summed E-state index contributed by atoms with van der Waals surface area (Å²) in [5.74, 6) is 1.07.